The lowest BCUT2D eigenvalue weighted by atomic mass is 9.86. The van der Waals surface area contributed by atoms with Gasteiger partial charge >= 0.3 is 6.09 Å². The number of amides is 1. The monoisotopic (exact) mass is 356 g/mol. The highest BCUT2D eigenvalue weighted by Gasteiger charge is 2.35. The van der Waals surface area contributed by atoms with Crippen LogP contribution in [-0.2, 0) is 0 Å². The largest absolute Gasteiger partial charge is 0.465 e. The van der Waals surface area contributed by atoms with Crippen molar-refractivity contribution in [3.05, 3.63) is 56.0 Å². The van der Waals surface area contributed by atoms with Crippen LogP contribution in [-0.4, -0.2) is 27.8 Å². The fraction of sp³-hybridized carbons (Fsp3) is 0.333. The van der Waals surface area contributed by atoms with E-state index in [-0.39, 0.29) is 11.5 Å². The van der Waals surface area contributed by atoms with Gasteiger partial charge in [0.05, 0.1) is 6.04 Å². The third kappa shape index (κ3) is 3.23. The third-order valence-corrected chi connectivity index (χ3v) is 4.68. The molecule has 0 saturated carbocycles. The number of hydrogen-bond acceptors (Lipinski definition) is 3. The Morgan fingerprint density at radius 2 is 2.13 bits per heavy atom. The fourth-order valence-corrected chi connectivity index (χ4v) is 3.55. The van der Waals surface area contributed by atoms with Gasteiger partial charge in [0.2, 0.25) is 0 Å². The van der Waals surface area contributed by atoms with Gasteiger partial charge in [0.1, 0.15) is 5.76 Å². The van der Waals surface area contributed by atoms with Gasteiger partial charge in [-0.2, -0.15) is 5.16 Å². The van der Waals surface area contributed by atoms with Gasteiger partial charge in [0, 0.05) is 28.6 Å². The molecule has 0 unspecified atom stereocenters. The molecule has 1 aromatic heterocycles. The molecule has 2 N–H and O–H groups in total. The maximum Gasteiger partial charge on any atom is 0.407 e. The molecule has 6 nitrogen and oxygen atoms in total. The lowest BCUT2D eigenvalue weighted by molar-refractivity contribution is 0.0968. The molecule has 1 fully saturated rings. The molecule has 0 aliphatic carbocycles. The van der Waals surface area contributed by atoms with E-state index < -0.39 is 12.1 Å². The zero-order chi connectivity index (χ0) is 16.6. The molecular weight excluding hydrogens is 343 g/mol. The molecular formula is C15H14Cl2N2O4. The van der Waals surface area contributed by atoms with Gasteiger partial charge in [0.15, 0.2) is 0 Å². The third-order valence-electron chi connectivity index (χ3n) is 4.11. The number of halogens is 2. The number of nitrogens with zero attached hydrogens (tertiary/aromatic N) is 1. The summed E-state index contributed by atoms with van der Waals surface area (Å²) >= 11 is 12.2. The smallest absolute Gasteiger partial charge is 0.407 e. The standard InChI is InChI=1S/C15H14Cl2N2O4/c16-9-1-2-10(11(17)6-9)12-5-8(3-4-19(12)15(21)22)13-7-14(20)18-23-13/h1-2,6-8,12H,3-5H2,(H,18,20)(H,21,22)/t8-,12+/m0/s1. The average molecular weight is 357 g/mol. The van der Waals surface area contributed by atoms with Crippen molar-refractivity contribution in [1.82, 2.24) is 10.1 Å². The van der Waals surface area contributed by atoms with E-state index in [0.717, 1.165) is 0 Å². The summed E-state index contributed by atoms with van der Waals surface area (Å²) in [6.07, 6.45) is 0.0541. The molecule has 2 atom stereocenters. The number of hydrogen-bond donors (Lipinski definition) is 2. The van der Waals surface area contributed by atoms with Gasteiger partial charge in [-0.3, -0.25) is 4.79 Å². The van der Waals surface area contributed by atoms with Crippen molar-refractivity contribution in [2.75, 3.05) is 6.54 Å². The zero-order valence-electron chi connectivity index (χ0n) is 12.0. The Morgan fingerprint density at radius 3 is 2.74 bits per heavy atom. The number of carboxylic acid groups (broad SMARTS) is 1. The molecule has 1 aliphatic rings. The van der Waals surface area contributed by atoms with Crippen molar-refractivity contribution in [3.63, 3.8) is 0 Å². The Morgan fingerprint density at radius 1 is 1.35 bits per heavy atom. The van der Waals surface area contributed by atoms with Crippen molar-refractivity contribution in [2.45, 2.75) is 24.8 Å². The second kappa shape index (κ2) is 6.29. The predicted molar refractivity (Wildman–Crippen MR) is 85.2 cm³/mol. The molecule has 3 rings (SSSR count). The number of aromatic amines is 1. The van der Waals surface area contributed by atoms with E-state index in [1.807, 2.05) is 0 Å². The minimum Gasteiger partial charge on any atom is -0.465 e. The van der Waals surface area contributed by atoms with Crippen molar-refractivity contribution in [1.29, 1.82) is 0 Å². The maximum absolute atomic E-state index is 11.5. The molecule has 8 heteroatoms. The Kier molecular flexibility index (Phi) is 4.37. The van der Waals surface area contributed by atoms with E-state index in [2.05, 4.69) is 5.16 Å². The summed E-state index contributed by atoms with van der Waals surface area (Å²) in [6.45, 7) is 0.332. The molecule has 1 aromatic carbocycles. The zero-order valence-corrected chi connectivity index (χ0v) is 13.5. The van der Waals surface area contributed by atoms with Crippen LogP contribution >= 0.6 is 23.2 Å². The maximum atomic E-state index is 11.5. The highest BCUT2D eigenvalue weighted by molar-refractivity contribution is 6.35. The van der Waals surface area contributed by atoms with E-state index >= 15 is 0 Å². The topological polar surface area (TPSA) is 86.5 Å². The second-order valence-corrected chi connectivity index (χ2v) is 6.34. The van der Waals surface area contributed by atoms with Gasteiger partial charge in [-0.15, -0.1) is 0 Å². The van der Waals surface area contributed by atoms with Crippen molar-refractivity contribution < 1.29 is 14.4 Å². The number of likely N-dealkylation sites (tertiary alicyclic amines) is 1. The quantitative estimate of drug-likeness (QED) is 0.854. The van der Waals surface area contributed by atoms with Crippen LogP contribution in [0.5, 0.6) is 0 Å². The molecule has 1 saturated heterocycles. The lowest BCUT2D eigenvalue weighted by Gasteiger charge is -2.37. The van der Waals surface area contributed by atoms with Crippen molar-refractivity contribution in [2.24, 2.45) is 0 Å². The highest BCUT2D eigenvalue weighted by Crippen LogP contribution is 2.41. The Bertz CT molecular complexity index is 786. The van der Waals surface area contributed by atoms with E-state index in [1.54, 1.807) is 18.2 Å². The summed E-state index contributed by atoms with van der Waals surface area (Å²) in [4.78, 5) is 24.2. The SMILES string of the molecule is O=C(O)N1CC[C@H](c2cc(=O)[nH]o2)C[C@@H]1c1ccc(Cl)cc1Cl. The minimum atomic E-state index is -1.00. The van der Waals surface area contributed by atoms with Crippen molar-refractivity contribution >= 4 is 29.3 Å². The van der Waals surface area contributed by atoms with Crippen molar-refractivity contribution in [3.8, 4) is 0 Å². The number of aromatic nitrogens is 1. The van der Waals surface area contributed by atoms with Gasteiger partial charge in [0.25, 0.3) is 5.56 Å². The molecule has 2 aromatic rings. The van der Waals surface area contributed by atoms with Crippen LogP contribution in [0.2, 0.25) is 10.0 Å². The van der Waals surface area contributed by atoms with E-state index in [0.29, 0.717) is 40.8 Å². The molecule has 0 bridgehead atoms. The Balaban J connectivity index is 1.94. The summed E-state index contributed by atoms with van der Waals surface area (Å²) in [6, 6.07) is 6.00. The molecule has 23 heavy (non-hydrogen) atoms. The number of benzene rings is 1. The summed E-state index contributed by atoms with van der Waals surface area (Å²) < 4.78 is 5.18. The van der Waals surface area contributed by atoms with E-state index in [1.165, 1.54) is 11.0 Å². The lowest BCUT2D eigenvalue weighted by Crippen LogP contribution is -2.39. The first-order valence-corrected chi connectivity index (χ1v) is 7.84. The van der Waals surface area contributed by atoms with E-state index in [4.69, 9.17) is 27.7 Å². The summed E-state index contributed by atoms with van der Waals surface area (Å²) in [5.41, 5.74) is 0.391. The molecule has 2 heterocycles. The number of carbonyl (C=O) groups is 1. The number of rotatable bonds is 2. The average Bonchev–Trinajstić information content (AvgIpc) is 2.93. The van der Waals surface area contributed by atoms with Gasteiger partial charge in [-0.05, 0) is 30.5 Å². The molecule has 1 amide bonds. The summed E-state index contributed by atoms with van der Waals surface area (Å²) in [5, 5.41) is 12.6. The first-order valence-electron chi connectivity index (χ1n) is 7.08. The molecule has 0 radical (unpaired) electrons. The first-order chi connectivity index (χ1) is 11.0. The van der Waals surface area contributed by atoms with Crippen LogP contribution in [0.25, 0.3) is 0 Å². The van der Waals surface area contributed by atoms with Crippen LogP contribution in [0.4, 0.5) is 4.79 Å². The van der Waals surface area contributed by atoms with Crippen LogP contribution < -0.4 is 5.56 Å². The number of nitrogens with one attached hydrogen (secondary N) is 1. The van der Waals surface area contributed by atoms with Gasteiger partial charge < -0.3 is 14.5 Å². The molecule has 1 aliphatic heterocycles. The minimum absolute atomic E-state index is 0.0544. The number of piperidine rings is 1. The fourth-order valence-electron chi connectivity index (χ4n) is 3.02. The number of H-pyrrole nitrogens is 1. The van der Waals surface area contributed by atoms with Crippen LogP contribution in [0.1, 0.15) is 36.1 Å². The normalized spacial score (nSPS) is 21.4. The van der Waals surface area contributed by atoms with E-state index in [9.17, 15) is 14.7 Å². The van der Waals surface area contributed by atoms with Crippen LogP contribution in [0.3, 0.4) is 0 Å². The van der Waals surface area contributed by atoms with Gasteiger partial charge in [-0.1, -0.05) is 29.3 Å². The first kappa shape index (κ1) is 16.0. The Hall–Kier alpha value is -1.92. The highest BCUT2D eigenvalue weighted by atomic mass is 35.5. The molecule has 0 spiro atoms. The summed E-state index contributed by atoms with van der Waals surface area (Å²) in [7, 11) is 0. The summed E-state index contributed by atoms with van der Waals surface area (Å²) in [5.74, 6) is 0.483. The predicted octanol–water partition coefficient (Wildman–Crippen LogP) is 3.87. The van der Waals surface area contributed by atoms with Crippen LogP contribution in [0, 0.1) is 0 Å². The molecule has 122 valence electrons. The van der Waals surface area contributed by atoms with Crippen LogP contribution in [0.15, 0.2) is 33.6 Å². The Labute approximate surface area is 141 Å². The second-order valence-electron chi connectivity index (χ2n) is 5.49. The van der Waals surface area contributed by atoms with Gasteiger partial charge in [-0.25, -0.2) is 4.79 Å².